The topological polar surface area (TPSA) is 20.3 Å². The molecule has 0 spiro atoms. The molecule has 1 atom stereocenters. The lowest BCUT2D eigenvalue weighted by Crippen LogP contribution is -2.41. The summed E-state index contributed by atoms with van der Waals surface area (Å²) < 4.78 is 69.5. The average molecular weight is 438 g/mol. The number of hydrogen-bond acceptors (Lipinski definition) is 1. The molecule has 0 unspecified atom stereocenters. The fraction of sp³-hybridized carbons (Fsp3) is 0.136. The Hall–Kier alpha value is -2.93. The highest BCUT2D eigenvalue weighted by atomic mass is 35.5. The van der Waals surface area contributed by atoms with Crippen molar-refractivity contribution in [1.29, 1.82) is 0 Å². The number of carbonyl (C=O) groups excluding carboxylic acids is 1. The lowest BCUT2D eigenvalue weighted by molar-refractivity contribution is 0.0681. The third-order valence-corrected chi connectivity index (χ3v) is 5.51. The number of amides is 1. The highest BCUT2D eigenvalue weighted by Crippen LogP contribution is 2.39. The third kappa shape index (κ3) is 3.13. The second kappa shape index (κ2) is 7.72. The summed E-state index contributed by atoms with van der Waals surface area (Å²) in [6, 6.07) is 12.9. The molecule has 1 amide bonds. The van der Waals surface area contributed by atoms with Crippen molar-refractivity contribution in [3.8, 4) is 0 Å². The lowest BCUT2D eigenvalue weighted by Gasteiger charge is -2.38. The van der Waals surface area contributed by atoms with Crippen LogP contribution in [0, 0.1) is 29.1 Å². The number of fused-ring (bicyclic) bond motifs is 1. The molecule has 3 aromatic rings. The van der Waals surface area contributed by atoms with Crippen LogP contribution in [0.4, 0.5) is 22.0 Å². The molecule has 0 saturated heterocycles. The second-order valence-electron chi connectivity index (χ2n) is 6.82. The predicted octanol–water partition coefficient (Wildman–Crippen LogP) is 5.82. The van der Waals surface area contributed by atoms with Crippen LogP contribution < -0.4 is 0 Å². The first-order chi connectivity index (χ1) is 14.3. The fourth-order valence-electron chi connectivity index (χ4n) is 3.75. The maximum atomic E-state index is 14.3. The Morgan fingerprint density at radius 3 is 1.97 bits per heavy atom. The van der Waals surface area contributed by atoms with Crippen molar-refractivity contribution in [1.82, 2.24) is 4.90 Å². The molecule has 154 valence electrons. The molecule has 0 fully saturated rings. The number of benzene rings is 3. The van der Waals surface area contributed by atoms with E-state index in [0.717, 1.165) is 10.5 Å². The monoisotopic (exact) mass is 437 g/mol. The maximum absolute atomic E-state index is 14.3. The fourth-order valence-corrected chi connectivity index (χ4v) is 3.99. The number of halogens is 6. The minimum atomic E-state index is -2.31. The van der Waals surface area contributed by atoms with E-state index in [-0.39, 0.29) is 6.54 Å². The highest BCUT2D eigenvalue weighted by Gasteiger charge is 2.38. The van der Waals surface area contributed by atoms with Gasteiger partial charge in [0.05, 0.1) is 6.04 Å². The van der Waals surface area contributed by atoms with Gasteiger partial charge in [0.2, 0.25) is 5.82 Å². The molecule has 3 aromatic carbocycles. The molecular weight excluding hydrogens is 425 g/mol. The third-order valence-electron chi connectivity index (χ3n) is 5.17. The van der Waals surface area contributed by atoms with E-state index in [1.54, 1.807) is 36.4 Å². The van der Waals surface area contributed by atoms with Gasteiger partial charge in [-0.15, -0.1) is 0 Å². The van der Waals surface area contributed by atoms with E-state index in [1.807, 2.05) is 12.1 Å². The Morgan fingerprint density at radius 2 is 1.33 bits per heavy atom. The van der Waals surface area contributed by atoms with Crippen molar-refractivity contribution >= 4 is 17.5 Å². The molecule has 8 heteroatoms. The molecule has 2 nitrogen and oxygen atoms in total. The smallest absolute Gasteiger partial charge is 0.260 e. The van der Waals surface area contributed by atoms with Crippen LogP contribution in [0.15, 0.2) is 48.5 Å². The van der Waals surface area contributed by atoms with Crippen LogP contribution in [-0.4, -0.2) is 17.4 Å². The number of carbonyl (C=O) groups is 1. The molecular formula is C22H13ClF5NO. The Morgan fingerprint density at radius 1 is 0.800 bits per heavy atom. The van der Waals surface area contributed by atoms with Crippen molar-refractivity contribution in [3.63, 3.8) is 0 Å². The Kier molecular flexibility index (Phi) is 5.24. The number of nitrogens with zero attached hydrogens (tertiary/aromatic N) is 1. The van der Waals surface area contributed by atoms with Gasteiger partial charge in [-0.1, -0.05) is 54.1 Å². The zero-order valence-corrected chi connectivity index (χ0v) is 16.0. The number of hydrogen-bond donors (Lipinski definition) is 0. The largest absolute Gasteiger partial charge is 0.327 e. The van der Waals surface area contributed by atoms with Gasteiger partial charge in [-0.25, -0.2) is 22.0 Å². The first-order valence-corrected chi connectivity index (χ1v) is 9.35. The van der Waals surface area contributed by atoms with Crippen LogP contribution in [0.1, 0.15) is 33.1 Å². The molecule has 1 aliphatic heterocycles. The number of rotatable bonds is 2. The molecule has 0 bridgehead atoms. The molecule has 1 aliphatic rings. The van der Waals surface area contributed by atoms with Crippen molar-refractivity contribution < 1.29 is 26.7 Å². The summed E-state index contributed by atoms with van der Waals surface area (Å²) in [7, 11) is 0. The zero-order chi connectivity index (χ0) is 21.6. The molecule has 0 radical (unpaired) electrons. The van der Waals surface area contributed by atoms with E-state index in [0.29, 0.717) is 22.6 Å². The molecule has 0 aliphatic carbocycles. The molecule has 0 saturated carbocycles. The van der Waals surface area contributed by atoms with E-state index in [1.165, 1.54) is 0 Å². The van der Waals surface area contributed by atoms with Crippen molar-refractivity contribution in [3.05, 3.63) is 105 Å². The summed E-state index contributed by atoms with van der Waals surface area (Å²) in [5.74, 6) is -12.3. The molecule has 30 heavy (non-hydrogen) atoms. The SMILES string of the molecule is O=C(c1c(F)c(F)c(F)c(F)c1F)N1CCc2ccccc2[C@H]1c1ccccc1Cl. The minimum absolute atomic E-state index is 0.00519. The van der Waals surface area contributed by atoms with Gasteiger partial charge in [-0.3, -0.25) is 4.79 Å². The summed E-state index contributed by atoms with van der Waals surface area (Å²) in [4.78, 5) is 14.2. The normalized spacial score (nSPS) is 15.8. The van der Waals surface area contributed by atoms with Crippen molar-refractivity contribution in [2.45, 2.75) is 12.5 Å². The van der Waals surface area contributed by atoms with E-state index < -0.39 is 46.6 Å². The molecule has 1 heterocycles. The molecule has 0 aromatic heterocycles. The van der Waals surface area contributed by atoms with Gasteiger partial charge in [0.15, 0.2) is 23.3 Å². The lowest BCUT2D eigenvalue weighted by atomic mass is 9.87. The Balaban J connectivity index is 1.90. The van der Waals surface area contributed by atoms with Gasteiger partial charge in [0, 0.05) is 11.6 Å². The molecule has 4 rings (SSSR count). The second-order valence-corrected chi connectivity index (χ2v) is 7.22. The summed E-state index contributed by atoms with van der Waals surface area (Å²) >= 11 is 6.32. The Bertz CT molecular complexity index is 1140. The summed E-state index contributed by atoms with van der Waals surface area (Å²) in [5.41, 5.74) is 0.546. The van der Waals surface area contributed by atoms with Gasteiger partial charge >= 0.3 is 0 Å². The van der Waals surface area contributed by atoms with Crippen LogP contribution in [0.3, 0.4) is 0 Å². The van der Waals surface area contributed by atoms with Gasteiger partial charge in [0.1, 0.15) is 5.56 Å². The minimum Gasteiger partial charge on any atom is -0.327 e. The van der Waals surface area contributed by atoms with Crippen LogP contribution in [-0.2, 0) is 6.42 Å². The first kappa shape index (κ1) is 20.3. The van der Waals surface area contributed by atoms with Crippen LogP contribution in [0.5, 0.6) is 0 Å². The quantitative estimate of drug-likeness (QED) is 0.281. The Labute approximate surface area is 173 Å². The summed E-state index contributed by atoms with van der Waals surface area (Å²) in [6.45, 7) is 0.00519. The summed E-state index contributed by atoms with van der Waals surface area (Å²) in [5, 5.41) is 0.300. The van der Waals surface area contributed by atoms with E-state index >= 15 is 0 Å². The van der Waals surface area contributed by atoms with E-state index in [2.05, 4.69) is 0 Å². The highest BCUT2D eigenvalue weighted by molar-refractivity contribution is 6.31. The zero-order valence-electron chi connectivity index (χ0n) is 15.2. The van der Waals surface area contributed by atoms with Gasteiger partial charge in [-0.05, 0) is 29.2 Å². The van der Waals surface area contributed by atoms with Gasteiger partial charge in [-0.2, -0.15) is 0 Å². The van der Waals surface area contributed by atoms with Crippen molar-refractivity contribution in [2.75, 3.05) is 6.54 Å². The average Bonchev–Trinajstić information content (AvgIpc) is 2.76. The summed E-state index contributed by atoms with van der Waals surface area (Å²) in [6.07, 6.45) is 0.345. The first-order valence-electron chi connectivity index (χ1n) is 8.97. The predicted molar refractivity (Wildman–Crippen MR) is 101 cm³/mol. The van der Waals surface area contributed by atoms with Crippen LogP contribution >= 0.6 is 11.6 Å². The maximum Gasteiger partial charge on any atom is 0.260 e. The molecule has 0 N–H and O–H groups in total. The van der Waals surface area contributed by atoms with E-state index in [4.69, 9.17) is 11.6 Å². The van der Waals surface area contributed by atoms with Crippen LogP contribution in [0.25, 0.3) is 0 Å². The van der Waals surface area contributed by atoms with Gasteiger partial charge < -0.3 is 4.90 Å². The van der Waals surface area contributed by atoms with Crippen LogP contribution in [0.2, 0.25) is 5.02 Å². The van der Waals surface area contributed by atoms with E-state index in [9.17, 15) is 26.7 Å². The standard InChI is InChI=1S/C22H13ClF5NO/c23-14-8-4-3-7-13(14)21-12-6-2-1-5-11(12)9-10-29(21)22(30)15-16(24)18(26)20(28)19(27)17(15)25/h1-8,21H,9-10H2/t21-/m0/s1. The van der Waals surface area contributed by atoms with Crippen molar-refractivity contribution in [2.24, 2.45) is 0 Å². The van der Waals surface area contributed by atoms with Gasteiger partial charge in [0.25, 0.3) is 5.91 Å².